The molecule has 6 nitrogen and oxygen atoms in total. The van der Waals surface area contributed by atoms with Crippen LogP contribution in [0.25, 0.3) is 11.0 Å². The normalized spacial score (nSPS) is 10.8. The fraction of sp³-hybridized carbons (Fsp3) is 0.241. The Balaban J connectivity index is 1.45. The van der Waals surface area contributed by atoms with Gasteiger partial charge in [-0.15, -0.1) is 0 Å². The van der Waals surface area contributed by atoms with Gasteiger partial charge in [0.05, 0.1) is 5.39 Å². The summed E-state index contributed by atoms with van der Waals surface area (Å²) in [4.78, 5) is 25.4. The van der Waals surface area contributed by atoms with Crippen LogP contribution >= 0.6 is 0 Å². The van der Waals surface area contributed by atoms with Crippen molar-refractivity contribution in [3.05, 3.63) is 93.8 Å². The highest BCUT2D eigenvalue weighted by molar-refractivity contribution is 5.93. The van der Waals surface area contributed by atoms with Crippen LogP contribution in [0, 0.1) is 0 Å². The summed E-state index contributed by atoms with van der Waals surface area (Å²) in [6.07, 6.45) is 3.87. The number of para-hydroxylation sites is 1. The first-order valence-corrected chi connectivity index (χ1v) is 11.9. The molecule has 0 atom stereocenters. The van der Waals surface area contributed by atoms with Crippen LogP contribution in [0.2, 0.25) is 0 Å². The second kappa shape index (κ2) is 10.9. The van der Waals surface area contributed by atoms with Crippen molar-refractivity contribution in [2.75, 3.05) is 11.9 Å². The Morgan fingerprint density at radius 3 is 2.23 bits per heavy atom. The molecule has 0 aliphatic heterocycles. The van der Waals surface area contributed by atoms with Gasteiger partial charge >= 0.3 is 0 Å². The van der Waals surface area contributed by atoms with Gasteiger partial charge in [-0.3, -0.25) is 9.59 Å². The van der Waals surface area contributed by atoms with Crippen LogP contribution in [-0.2, 0) is 24.1 Å². The van der Waals surface area contributed by atoms with Crippen molar-refractivity contribution in [2.24, 2.45) is 0 Å². The van der Waals surface area contributed by atoms with Crippen LogP contribution in [0.3, 0.4) is 0 Å². The third kappa shape index (κ3) is 5.54. The largest absolute Gasteiger partial charge is 0.484 e. The van der Waals surface area contributed by atoms with Crippen molar-refractivity contribution in [3.8, 4) is 17.2 Å². The molecule has 0 radical (unpaired) electrons. The Kier molecular flexibility index (Phi) is 7.51. The summed E-state index contributed by atoms with van der Waals surface area (Å²) < 4.78 is 17.0. The molecule has 1 heterocycles. The van der Waals surface area contributed by atoms with Crippen molar-refractivity contribution in [3.63, 3.8) is 0 Å². The Labute approximate surface area is 204 Å². The Morgan fingerprint density at radius 1 is 0.886 bits per heavy atom. The predicted molar refractivity (Wildman–Crippen MR) is 138 cm³/mol. The van der Waals surface area contributed by atoms with Gasteiger partial charge in [0.25, 0.3) is 5.91 Å². The molecule has 180 valence electrons. The smallest absolute Gasteiger partial charge is 0.262 e. The van der Waals surface area contributed by atoms with E-state index in [0.717, 1.165) is 36.1 Å². The van der Waals surface area contributed by atoms with E-state index in [-0.39, 0.29) is 23.7 Å². The molecule has 1 N–H and O–H groups in total. The molecule has 0 spiro atoms. The van der Waals surface area contributed by atoms with E-state index in [2.05, 4.69) is 26.1 Å². The van der Waals surface area contributed by atoms with E-state index in [9.17, 15) is 9.59 Å². The topological polar surface area (TPSA) is 77.8 Å². The fourth-order valence-electron chi connectivity index (χ4n) is 3.90. The number of hydrogen-bond donors (Lipinski definition) is 1. The number of aryl methyl sites for hydroxylation is 3. The first-order valence-electron chi connectivity index (χ1n) is 11.9. The van der Waals surface area contributed by atoms with E-state index < -0.39 is 0 Å². The van der Waals surface area contributed by atoms with Gasteiger partial charge in [0, 0.05) is 11.8 Å². The lowest BCUT2D eigenvalue weighted by molar-refractivity contribution is -0.118. The van der Waals surface area contributed by atoms with Gasteiger partial charge in [-0.25, -0.2) is 0 Å². The van der Waals surface area contributed by atoms with Gasteiger partial charge in [0.2, 0.25) is 11.2 Å². The number of amides is 1. The molecular weight excluding hydrogens is 442 g/mol. The lowest BCUT2D eigenvalue weighted by atomic mass is 10.0. The quantitative estimate of drug-likeness (QED) is 0.310. The molecule has 0 unspecified atom stereocenters. The van der Waals surface area contributed by atoms with E-state index >= 15 is 0 Å². The van der Waals surface area contributed by atoms with Gasteiger partial charge in [-0.05, 0) is 60.2 Å². The predicted octanol–water partition coefficient (Wildman–Crippen LogP) is 6.29. The van der Waals surface area contributed by atoms with Crippen molar-refractivity contribution < 1.29 is 18.7 Å². The summed E-state index contributed by atoms with van der Waals surface area (Å²) in [5, 5.41) is 3.35. The minimum Gasteiger partial charge on any atom is -0.484 e. The van der Waals surface area contributed by atoms with Gasteiger partial charge in [-0.1, -0.05) is 51.1 Å². The van der Waals surface area contributed by atoms with E-state index in [4.69, 9.17) is 13.9 Å². The molecule has 0 saturated carbocycles. The number of anilines is 1. The number of hydrogen-bond acceptors (Lipinski definition) is 5. The van der Waals surface area contributed by atoms with Crippen LogP contribution in [0.1, 0.15) is 37.5 Å². The number of nitrogens with one attached hydrogen (secondary N) is 1. The second-order valence-electron chi connectivity index (χ2n) is 8.18. The SMILES string of the molecule is CCc1ccc(Oc2coc3cc(OCC(=O)Nc4c(CC)cccc4CC)ccc3c2=O)cc1. The van der Waals surface area contributed by atoms with Gasteiger partial charge in [0.15, 0.2) is 6.61 Å². The third-order valence-corrected chi connectivity index (χ3v) is 5.91. The van der Waals surface area contributed by atoms with E-state index in [1.165, 1.54) is 11.8 Å². The highest BCUT2D eigenvalue weighted by atomic mass is 16.5. The molecule has 0 saturated heterocycles. The molecule has 1 aromatic heterocycles. The fourth-order valence-corrected chi connectivity index (χ4v) is 3.90. The number of rotatable bonds is 9. The van der Waals surface area contributed by atoms with Gasteiger partial charge in [-0.2, -0.15) is 0 Å². The number of fused-ring (bicyclic) bond motifs is 1. The molecule has 4 rings (SSSR count). The summed E-state index contributed by atoms with van der Waals surface area (Å²) in [7, 11) is 0. The molecule has 1 amide bonds. The standard InChI is InChI=1S/C29H29NO5/c1-4-19-10-12-22(13-11-19)35-26-17-34-25-16-23(14-15-24(25)29(26)32)33-18-27(31)30-28-20(5-2)8-7-9-21(28)6-3/h7-17H,4-6,18H2,1-3H3,(H,30,31). The average Bonchev–Trinajstić information content (AvgIpc) is 2.89. The Morgan fingerprint density at radius 2 is 1.57 bits per heavy atom. The molecule has 0 bridgehead atoms. The van der Waals surface area contributed by atoms with E-state index in [0.29, 0.717) is 22.5 Å². The van der Waals surface area contributed by atoms with Gasteiger partial charge in [0.1, 0.15) is 23.3 Å². The lowest BCUT2D eigenvalue weighted by Crippen LogP contribution is -2.21. The summed E-state index contributed by atoms with van der Waals surface area (Å²) in [6.45, 7) is 6.03. The second-order valence-corrected chi connectivity index (χ2v) is 8.18. The molecule has 3 aromatic carbocycles. The van der Waals surface area contributed by atoms with E-state index in [1.54, 1.807) is 18.2 Å². The minimum absolute atomic E-state index is 0.108. The Hall–Kier alpha value is -4.06. The first-order chi connectivity index (χ1) is 17.0. The van der Waals surface area contributed by atoms with Gasteiger partial charge < -0.3 is 19.2 Å². The number of carbonyl (C=O) groups is 1. The van der Waals surface area contributed by atoms with Crippen LogP contribution in [0.15, 0.2) is 76.1 Å². The zero-order chi connectivity index (χ0) is 24.8. The van der Waals surface area contributed by atoms with Crippen molar-refractivity contribution >= 4 is 22.6 Å². The summed E-state index contributed by atoms with van der Waals surface area (Å²) in [6, 6.07) is 18.5. The Bertz CT molecular complexity index is 1370. The summed E-state index contributed by atoms with van der Waals surface area (Å²) >= 11 is 0. The highest BCUT2D eigenvalue weighted by Crippen LogP contribution is 2.25. The molecule has 35 heavy (non-hydrogen) atoms. The lowest BCUT2D eigenvalue weighted by Gasteiger charge is -2.14. The highest BCUT2D eigenvalue weighted by Gasteiger charge is 2.13. The maximum absolute atomic E-state index is 12.9. The number of ether oxygens (including phenoxy) is 2. The summed E-state index contributed by atoms with van der Waals surface area (Å²) in [5.41, 5.74) is 4.29. The maximum atomic E-state index is 12.9. The van der Waals surface area contributed by atoms with Crippen molar-refractivity contribution in [1.82, 2.24) is 0 Å². The molecule has 0 aliphatic carbocycles. The van der Waals surface area contributed by atoms with Crippen LogP contribution in [-0.4, -0.2) is 12.5 Å². The van der Waals surface area contributed by atoms with Crippen molar-refractivity contribution in [1.29, 1.82) is 0 Å². The average molecular weight is 472 g/mol. The minimum atomic E-state index is -0.279. The molecule has 4 aromatic rings. The zero-order valence-electron chi connectivity index (χ0n) is 20.2. The maximum Gasteiger partial charge on any atom is 0.262 e. The molecule has 6 heteroatoms. The third-order valence-electron chi connectivity index (χ3n) is 5.91. The number of carbonyl (C=O) groups excluding carboxylic acids is 1. The zero-order valence-corrected chi connectivity index (χ0v) is 20.2. The molecule has 0 aliphatic rings. The number of benzene rings is 3. The molecular formula is C29H29NO5. The monoisotopic (exact) mass is 471 g/mol. The van der Waals surface area contributed by atoms with Crippen LogP contribution in [0.5, 0.6) is 17.2 Å². The van der Waals surface area contributed by atoms with Crippen LogP contribution < -0.4 is 20.2 Å². The molecule has 0 fully saturated rings. The van der Waals surface area contributed by atoms with Crippen molar-refractivity contribution in [2.45, 2.75) is 40.0 Å². The first kappa shape index (κ1) is 24.1. The summed E-state index contributed by atoms with van der Waals surface area (Å²) in [5.74, 6) is 0.853. The van der Waals surface area contributed by atoms with E-state index in [1.807, 2.05) is 42.5 Å². The van der Waals surface area contributed by atoms with Crippen LogP contribution in [0.4, 0.5) is 5.69 Å².